The molecule has 0 aromatic heterocycles. The third-order valence-corrected chi connectivity index (χ3v) is 4.31. The molecule has 0 radical (unpaired) electrons. The van der Waals surface area contributed by atoms with Crippen LogP contribution in [0.1, 0.15) is 25.8 Å². The van der Waals surface area contributed by atoms with Crippen LogP contribution in [-0.4, -0.2) is 37.5 Å². The molecule has 1 aromatic carbocycles. The summed E-state index contributed by atoms with van der Waals surface area (Å²) in [6.45, 7) is 4.43. The first-order valence-electron chi connectivity index (χ1n) is 6.51. The first kappa shape index (κ1) is 16.5. The molecule has 110 valence electrons. The number of hydrogen-bond acceptors (Lipinski definition) is 3. The number of nitrogens with zero attached hydrogens (tertiary/aromatic N) is 1. The molecule has 0 fully saturated rings. The van der Waals surface area contributed by atoms with Gasteiger partial charge in [0.1, 0.15) is 0 Å². The Morgan fingerprint density at radius 3 is 2.60 bits per heavy atom. The zero-order chi connectivity index (χ0) is 15.0. The fourth-order valence-corrected chi connectivity index (χ4v) is 2.89. The normalized spacial score (nSPS) is 11.0. The van der Waals surface area contributed by atoms with E-state index in [4.69, 9.17) is 5.11 Å². The van der Waals surface area contributed by atoms with Crippen LogP contribution in [0.3, 0.4) is 0 Å². The van der Waals surface area contributed by atoms with Crippen LogP contribution >= 0.6 is 0 Å². The van der Waals surface area contributed by atoms with E-state index in [-0.39, 0.29) is 6.61 Å². The molecule has 0 saturated heterocycles. The Hall–Kier alpha value is -1.55. The highest BCUT2D eigenvalue weighted by Crippen LogP contribution is 2.13. The fourth-order valence-electron chi connectivity index (χ4n) is 1.66. The number of aliphatic hydroxyl groups is 1. The number of rotatable bonds is 6. The van der Waals surface area contributed by atoms with Gasteiger partial charge < -0.3 is 5.11 Å². The van der Waals surface area contributed by atoms with Gasteiger partial charge in [0, 0.05) is 25.1 Å². The van der Waals surface area contributed by atoms with E-state index in [0.29, 0.717) is 30.8 Å². The fraction of sp³-hybridized carbons (Fsp3) is 0.429. The van der Waals surface area contributed by atoms with E-state index in [9.17, 15) is 8.42 Å². The van der Waals surface area contributed by atoms with Gasteiger partial charge in [-0.25, -0.2) is 0 Å². The standard InChI is InChI=1S/C14H20N2O3S/c1-3-16(4-2)20(18,19)15-14-10-7-9-13(12-14)8-5-6-11-17/h7,9-10,12,15,17H,3-4,6,11H2,1-2H3. The Morgan fingerprint density at radius 2 is 2.00 bits per heavy atom. The van der Waals surface area contributed by atoms with Crippen LogP contribution in [0.25, 0.3) is 0 Å². The lowest BCUT2D eigenvalue weighted by atomic mass is 10.2. The summed E-state index contributed by atoms with van der Waals surface area (Å²) in [7, 11) is -3.52. The molecule has 20 heavy (non-hydrogen) atoms. The van der Waals surface area contributed by atoms with Crippen molar-refractivity contribution < 1.29 is 13.5 Å². The summed E-state index contributed by atoms with van der Waals surface area (Å²) in [6, 6.07) is 6.88. The minimum absolute atomic E-state index is 0.0152. The van der Waals surface area contributed by atoms with Crippen LogP contribution in [0.2, 0.25) is 0 Å². The molecule has 1 aromatic rings. The minimum atomic E-state index is -3.52. The van der Waals surface area contributed by atoms with Crippen LogP contribution in [-0.2, 0) is 10.2 Å². The molecule has 0 heterocycles. The average molecular weight is 296 g/mol. The van der Waals surface area contributed by atoms with Gasteiger partial charge in [0.15, 0.2) is 0 Å². The minimum Gasteiger partial charge on any atom is -0.395 e. The maximum atomic E-state index is 12.1. The smallest absolute Gasteiger partial charge is 0.301 e. The van der Waals surface area contributed by atoms with E-state index in [1.807, 2.05) is 0 Å². The SMILES string of the molecule is CCN(CC)S(=O)(=O)Nc1cccc(C#CCCO)c1. The molecule has 1 rings (SSSR count). The third-order valence-electron chi connectivity index (χ3n) is 2.62. The Balaban J connectivity index is 2.89. The van der Waals surface area contributed by atoms with Crippen LogP contribution < -0.4 is 4.72 Å². The molecule has 0 aliphatic rings. The molecule has 0 spiro atoms. The molecule has 0 atom stereocenters. The van der Waals surface area contributed by atoms with Gasteiger partial charge in [-0.2, -0.15) is 12.7 Å². The molecule has 0 amide bonds. The maximum absolute atomic E-state index is 12.1. The van der Waals surface area contributed by atoms with Crippen molar-refractivity contribution in [1.29, 1.82) is 0 Å². The number of hydrogen-bond donors (Lipinski definition) is 2. The summed E-state index contributed by atoms with van der Waals surface area (Å²) < 4.78 is 28.0. The average Bonchev–Trinajstić information content (AvgIpc) is 2.40. The number of benzene rings is 1. The zero-order valence-corrected chi connectivity index (χ0v) is 12.6. The first-order valence-corrected chi connectivity index (χ1v) is 7.95. The van der Waals surface area contributed by atoms with Gasteiger partial charge in [0.25, 0.3) is 0 Å². The summed E-state index contributed by atoms with van der Waals surface area (Å²) in [5.41, 5.74) is 1.19. The Morgan fingerprint density at radius 1 is 1.30 bits per heavy atom. The predicted molar refractivity (Wildman–Crippen MR) is 80.5 cm³/mol. The van der Waals surface area contributed by atoms with Crippen LogP contribution in [0, 0.1) is 11.8 Å². The molecule has 0 saturated carbocycles. The largest absolute Gasteiger partial charge is 0.395 e. The van der Waals surface area contributed by atoms with Crippen molar-refractivity contribution in [2.45, 2.75) is 20.3 Å². The lowest BCUT2D eigenvalue weighted by Crippen LogP contribution is -2.35. The molecule has 6 heteroatoms. The molecular formula is C14H20N2O3S. The zero-order valence-electron chi connectivity index (χ0n) is 11.8. The van der Waals surface area contributed by atoms with E-state index in [1.165, 1.54) is 4.31 Å². The van der Waals surface area contributed by atoms with E-state index < -0.39 is 10.2 Å². The highest BCUT2D eigenvalue weighted by molar-refractivity contribution is 7.90. The lowest BCUT2D eigenvalue weighted by Gasteiger charge is -2.19. The van der Waals surface area contributed by atoms with Gasteiger partial charge in [0.2, 0.25) is 0 Å². The Labute approximate surface area is 120 Å². The predicted octanol–water partition coefficient (Wildman–Crippen LogP) is 1.42. The topological polar surface area (TPSA) is 69.6 Å². The van der Waals surface area contributed by atoms with Crippen molar-refractivity contribution >= 4 is 15.9 Å². The Bertz CT molecular complexity index is 584. The van der Waals surface area contributed by atoms with Crippen LogP contribution in [0.5, 0.6) is 0 Å². The van der Waals surface area contributed by atoms with Gasteiger partial charge in [-0.05, 0) is 18.2 Å². The molecule has 0 bridgehead atoms. The summed E-state index contributed by atoms with van der Waals surface area (Å²) >= 11 is 0. The molecule has 5 nitrogen and oxygen atoms in total. The van der Waals surface area contributed by atoms with Gasteiger partial charge in [-0.1, -0.05) is 31.8 Å². The highest BCUT2D eigenvalue weighted by atomic mass is 32.2. The van der Waals surface area contributed by atoms with Crippen molar-refractivity contribution in [2.75, 3.05) is 24.4 Å². The molecule has 0 unspecified atom stereocenters. The molecule has 0 aliphatic heterocycles. The summed E-state index contributed by atoms with van der Waals surface area (Å²) in [5, 5.41) is 8.67. The van der Waals surface area contributed by atoms with E-state index in [0.717, 1.165) is 0 Å². The van der Waals surface area contributed by atoms with Gasteiger partial charge in [0.05, 0.1) is 12.3 Å². The molecule has 2 N–H and O–H groups in total. The summed E-state index contributed by atoms with van der Waals surface area (Å²) in [4.78, 5) is 0. The second-order valence-electron chi connectivity index (χ2n) is 4.05. The van der Waals surface area contributed by atoms with Gasteiger partial charge >= 0.3 is 10.2 Å². The second kappa shape index (κ2) is 7.90. The number of aliphatic hydroxyl groups excluding tert-OH is 1. The van der Waals surface area contributed by atoms with Crippen LogP contribution in [0.4, 0.5) is 5.69 Å². The number of anilines is 1. The second-order valence-corrected chi connectivity index (χ2v) is 5.72. The Kier molecular flexibility index (Phi) is 6.52. The van der Waals surface area contributed by atoms with Crippen molar-refractivity contribution in [1.82, 2.24) is 4.31 Å². The molecular weight excluding hydrogens is 276 g/mol. The van der Waals surface area contributed by atoms with Crippen molar-refractivity contribution in [2.24, 2.45) is 0 Å². The van der Waals surface area contributed by atoms with E-state index in [2.05, 4.69) is 16.6 Å². The monoisotopic (exact) mass is 296 g/mol. The van der Waals surface area contributed by atoms with Crippen molar-refractivity contribution in [3.8, 4) is 11.8 Å². The molecule has 0 aliphatic carbocycles. The van der Waals surface area contributed by atoms with Gasteiger partial charge in [-0.3, -0.25) is 4.72 Å². The first-order chi connectivity index (χ1) is 9.53. The van der Waals surface area contributed by atoms with Crippen molar-refractivity contribution in [3.63, 3.8) is 0 Å². The summed E-state index contributed by atoms with van der Waals surface area (Å²) in [5.74, 6) is 5.67. The van der Waals surface area contributed by atoms with E-state index >= 15 is 0 Å². The lowest BCUT2D eigenvalue weighted by molar-refractivity contribution is 0.305. The van der Waals surface area contributed by atoms with Crippen LogP contribution in [0.15, 0.2) is 24.3 Å². The highest BCUT2D eigenvalue weighted by Gasteiger charge is 2.18. The van der Waals surface area contributed by atoms with Crippen molar-refractivity contribution in [3.05, 3.63) is 29.8 Å². The summed E-state index contributed by atoms with van der Waals surface area (Å²) in [6.07, 6.45) is 0.398. The number of nitrogens with one attached hydrogen (secondary N) is 1. The maximum Gasteiger partial charge on any atom is 0.301 e. The quantitative estimate of drug-likeness (QED) is 0.780. The third kappa shape index (κ3) is 4.85. The van der Waals surface area contributed by atoms with Gasteiger partial charge in [-0.15, -0.1) is 0 Å². The van der Waals surface area contributed by atoms with E-state index in [1.54, 1.807) is 38.1 Å².